The van der Waals surface area contributed by atoms with Crippen molar-refractivity contribution in [3.8, 4) is 0 Å². The number of aryl methyl sites for hydroxylation is 2. The highest BCUT2D eigenvalue weighted by atomic mass is 16.2. The van der Waals surface area contributed by atoms with Gasteiger partial charge >= 0.3 is 0 Å². The molecule has 21 heavy (non-hydrogen) atoms. The van der Waals surface area contributed by atoms with E-state index in [2.05, 4.69) is 31.2 Å². The number of piperidine rings is 1. The smallest absolute Gasteiger partial charge is 0.242 e. The van der Waals surface area contributed by atoms with Crippen LogP contribution < -0.4 is 5.73 Å². The van der Waals surface area contributed by atoms with Crippen LogP contribution in [-0.4, -0.2) is 29.4 Å². The molecule has 3 rings (SSSR count). The molecule has 1 aromatic rings. The van der Waals surface area contributed by atoms with Crippen LogP contribution in [0.25, 0.3) is 0 Å². The Balaban J connectivity index is 1.54. The number of hydrogen-bond acceptors (Lipinski definition) is 2. The maximum atomic E-state index is 12.4. The van der Waals surface area contributed by atoms with Gasteiger partial charge in [-0.15, -0.1) is 0 Å². The second kappa shape index (κ2) is 5.80. The summed E-state index contributed by atoms with van der Waals surface area (Å²) in [6, 6.07) is 8.61. The number of nitrogens with two attached hydrogens (primary N) is 1. The third-order valence-electron chi connectivity index (χ3n) is 5.10. The fourth-order valence-corrected chi connectivity index (χ4v) is 3.40. The van der Waals surface area contributed by atoms with Crippen LogP contribution in [-0.2, 0) is 11.2 Å². The Morgan fingerprint density at radius 2 is 2.14 bits per heavy atom. The molecule has 3 nitrogen and oxygen atoms in total. The van der Waals surface area contributed by atoms with Gasteiger partial charge in [0, 0.05) is 13.1 Å². The minimum atomic E-state index is -0.502. The average molecular weight is 286 g/mol. The minimum absolute atomic E-state index is 0.197. The first-order chi connectivity index (χ1) is 10.1. The lowest BCUT2D eigenvalue weighted by Crippen LogP contribution is -2.49. The van der Waals surface area contributed by atoms with Gasteiger partial charge in [-0.3, -0.25) is 4.79 Å². The summed E-state index contributed by atoms with van der Waals surface area (Å²) in [5, 5.41) is 0. The number of carbonyl (C=O) groups excluding carboxylic acids is 1. The van der Waals surface area contributed by atoms with Crippen molar-refractivity contribution in [1.82, 2.24) is 4.90 Å². The Morgan fingerprint density at radius 3 is 2.86 bits per heavy atom. The van der Waals surface area contributed by atoms with Crippen molar-refractivity contribution in [1.29, 1.82) is 0 Å². The Labute approximate surface area is 127 Å². The molecule has 1 heterocycles. The summed E-state index contributed by atoms with van der Waals surface area (Å²) in [6.45, 7) is 3.99. The van der Waals surface area contributed by atoms with Gasteiger partial charge in [0.15, 0.2) is 0 Å². The largest absolute Gasteiger partial charge is 0.341 e. The van der Waals surface area contributed by atoms with Gasteiger partial charge in [0.25, 0.3) is 0 Å². The molecule has 3 heteroatoms. The molecule has 0 radical (unpaired) electrons. The summed E-state index contributed by atoms with van der Waals surface area (Å²) in [6.07, 6.45) is 6.40. The van der Waals surface area contributed by atoms with E-state index in [1.165, 1.54) is 24.0 Å². The normalized spacial score (nSPS) is 23.9. The van der Waals surface area contributed by atoms with E-state index in [9.17, 15) is 4.79 Å². The molecule has 0 unspecified atom stereocenters. The monoisotopic (exact) mass is 286 g/mol. The molecule has 1 saturated carbocycles. The van der Waals surface area contributed by atoms with Gasteiger partial charge in [-0.25, -0.2) is 0 Å². The van der Waals surface area contributed by atoms with E-state index in [0.29, 0.717) is 5.92 Å². The molecule has 0 bridgehead atoms. The third-order valence-corrected chi connectivity index (χ3v) is 5.10. The predicted octanol–water partition coefficient (Wildman–Crippen LogP) is 2.66. The number of nitrogens with zero attached hydrogens (tertiary/aromatic N) is 1. The van der Waals surface area contributed by atoms with Crippen LogP contribution in [0.2, 0.25) is 0 Å². The summed E-state index contributed by atoms with van der Waals surface area (Å²) < 4.78 is 0. The molecule has 2 aliphatic rings. The zero-order chi connectivity index (χ0) is 14.9. The maximum Gasteiger partial charge on any atom is 0.242 e. The van der Waals surface area contributed by atoms with E-state index in [-0.39, 0.29) is 5.91 Å². The number of likely N-dealkylation sites (tertiary alicyclic amines) is 1. The fourth-order valence-electron chi connectivity index (χ4n) is 3.40. The molecule has 1 aliphatic heterocycles. The predicted molar refractivity (Wildman–Crippen MR) is 85.0 cm³/mol. The molecule has 1 saturated heterocycles. The Morgan fingerprint density at radius 1 is 1.38 bits per heavy atom. The summed E-state index contributed by atoms with van der Waals surface area (Å²) in [5.41, 5.74) is 8.38. The highest BCUT2D eigenvalue weighted by molar-refractivity contribution is 5.89. The van der Waals surface area contributed by atoms with Gasteiger partial charge in [0.2, 0.25) is 5.91 Å². The maximum absolute atomic E-state index is 12.4. The molecular formula is C18H26N2O. The summed E-state index contributed by atoms with van der Waals surface area (Å²) >= 11 is 0. The molecule has 1 atom stereocenters. The van der Waals surface area contributed by atoms with Crippen molar-refractivity contribution in [2.45, 2.75) is 51.0 Å². The van der Waals surface area contributed by atoms with Crippen LogP contribution in [0.15, 0.2) is 24.3 Å². The SMILES string of the molecule is Cc1ccccc1CC[C@@H]1CCCN(C(=O)C2(N)CC2)C1. The molecule has 2 N–H and O–H groups in total. The van der Waals surface area contributed by atoms with Crippen LogP contribution >= 0.6 is 0 Å². The number of rotatable bonds is 4. The lowest BCUT2D eigenvalue weighted by molar-refractivity contribution is -0.135. The van der Waals surface area contributed by atoms with Crippen LogP contribution in [0.5, 0.6) is 0 Å². The van der Waals surface area contributed by atoms with Crippen molar-refractivity contribution in [2.75, 3.05) is 13.1 Å². The quantitative estimate of drug-likeness (QED) is 0.925. The zero-order valence-electron chi connectivity index (χ0n) is 13.0. The first-order valence-corrected chi connectivity index (χ1v) is 8.21. The number of amides is 1. The van der Waals surface area contributed by atoms with E-state index in [4.69, 9.17) is 5.73 Å². The molecule has 1 amide bonds. The summed E-state index contributed by atoms with van der Waals surface area (Å²) in [7, 11) is 0. The van der Waals surface area contributed by atoms with Gasteiger partial charge in [-0.1, -0.05) is 24.3 Å². The lowest BCUT2D eigenvalue weighted by atomic mass is 9.90. The second-order valence-corrected chi connectivity index (χ2v) is 6.88. The van der Waals surface area contributed by atoms with Gasteiger partial charge in [-0.05, 0) is 62.5 Å². The molecule has 0 spiro atoms. The minimum Gasteiger partial charge on any atom is -0.341 e. The van der Waals surface area contributed by atoms with Gasteiger partial charge in [0.05, 0.1) is 5.54 Å². The second-order valence-electron chi connectivity index (χ2n) is 6.88. The van der Waals surface area contributed by atoms with Crippen LogP contribution in [0.4, 0.5) is 0 Å². The van der Waals surface area contributed by atoms with Gasteiger partial charge < -0.3 is 10.6 Å². The lowest BCUT2D eigenvalue weighted by Gasteiger charge is -2.34. The van der Waals surface area contributed by atoms with Crippen LogP contribution in [0.1, 0.15) is 43.2 Å². The van der Waals surface area contributed by atoms with Crippen LogP contribution in [0, 0.1) is 12.8 Å². The van der Waals surface area contributed by atoms with E-state index in [0.717, 1.165) is 38.8 Å². The van der Waals surface area contributed by atoms with Crippen LogP contribution in [0.3, 0.4) is 0 Å². The van der Waals surface area contributed by atoms with E-state index in [1.54, 1.807) is 0 Å². The number of benzene rings is 1. The molecule has 114 valence electrons. The third kappa shape index (κ3) is 3.29. The van der Waals surface area contributed by atoms with Gasteiger partial charge in [0.1, 0.15) is 0 Å². The Kier molecular flexibility index (Phi) is 4.03. The van der Waals surface area contributed by atoms with E-state index < -0.39 is 5.54 Å². The first-order valence-electron chi connectivity index (χ1n) is 8.21. The summed E-state index contributed by atoms with van der Waals surface area (Å²) in [5.74, 6) is 0.827. The van der Waals surface area contributed by atoms with Crippen molar-refractivity contribution in [2.24, 2.45) is 11.7 Å². The average Bonchev–Trinajstić information content (AvgIpc) is 3.25. The molecule has 2 fully saturated rings. The Hall–Kier alpha value is -1.35. The van der Waals surface area contributed by atoms with Crippen molar-refractivity contribution < 1.29 is 4.79 Å². The van der Waals surface area contributed by atoms with Crippen molar-refractivity contribution in [3.63, 3.8) is 0 Å². The highest BCUT2D eigenvalue weighted by Gasteiger charge is 2.48. The number of hydrogen-bond donors (Lipinski definition) is 1. The van der Waals surface area contributed by atoms with Gasteiger partial charge in [-0.2, -0.15) is 0 Å². The van der Waals surface area contributed by atoms with Crippen molar-refractivity contribution in [3.05, 3.63) is 35.4 Å². The molecule has 1 aliphatic carbocycles. The first kappa shape index (κ1) is 14.6. The Bertz CT molecular complexity index is 522. The van der Waals surface area contributed by atoms with E-state index >= 15 is 0 Å². The van der Waals surface area contributed by atoms with E-state index in [1.807, 2.05) is 4.90 Å². The fraction of sp³-hybridized carbons (Fsp3) is 0.611. The topological polar surface area (TPSA) is 46.3 Å². The standard InChI is InChI=1S/C18H26N2O/c1-14-5-2-3-7-16(14)9-8-15-6-4-12-20(13-15)17(21)18(19)10-11-18/h2-3,5,7,15H,4,6,8-13,19H2,1H3/t15-/m0/s1. The molecule has 0 aromatic heterocycles. The highest BCUT2D eigenvalue weighted by Crippen LogP contribution is 2.35. The molecule has 1 aromatic carbocycles. The molecular weight excluding hydrogens is 260 g/mol. The summed E-state index contributed by atoms with van der Waals surface area (Å²) in [4.78, 5) is 14.4. The zero-order valence-corrected chi connectivity index (χ0v) is 13.0. The van der Waals surface area contributed by atoms with Crippen molar-refractivity contribution >= 4 is 5.91 Å². The number of carbonyl (C=O) groups is 1.